The van der Waals surface area contributed by atoms with Crippen LogP contribution >= 0.6 is 23.2 Å². The van der Waals surface area contributed by atoms with E-state index in [0.29, 0.717) is 61.1 Å². The number of likely N-dealkylation sites (tertiary alicyclic amines) is 2. The van der Waals surface area contributed by atoms with Crippen molar-refractivity contribution in [2.45, 2.75) is 68.4 Å². The fourth-order valence-electron chi connectivity index (χ4n) is 6.75. The minimum Gasteiger partial charge on any atom is -0.481 e. The van der Waals surface area contributed by atoms with Crippen molar-refractivity contribution in [1.82, 2.24) is 20.0 Å². The molecule has 18 heteroatoms. The van der Waals surface area contributed by atoms with E-state index < -0.39 is 47.8 Å². The molecular weight excluding hydrogens is 761 g/mol. The molecule has 2 fully saturated rings. The third-order valence-electron chi connectivity index (χ3n) is 9.73. The predicted octanol–water partition coefficient (Wildman–Crippen LogP) is 2.44. The largest absolute Gasteiger partial charge is 0.481 e. The maximum absolute atomic E-state index is 13.4. The van der Waals surface area contributed by atoms with Crippen molar-refractivity contribution in [1.29, 1.82) is 0 Å². The standard InChI is InChI=1S/C31H39Cl2N5O4.C6H8O7/c1-36(29(41)22-7-3-2-4-8-22)21-24(23-10-11-25(32)26(33)19-23)12-16-37-17-13-31(14-18-37,30(42)35-20-27(34)39)38-15-6-5-9-28(38)40;7-3(8)1-6(13,5(11)12)2-4(9)10/h2-4,7-8,10-11,19,24H,5-6,9,12-18,20-21H2,1H3,(H2,34,39)(H,35,42);13H,1-2H2,(H,7,8)(H,9,10)(H,11,12)/t24-;/m1./s1. The Morgan fingerprint density at radius 3 is 2.07 bits per heavy atom. The summed E-state index contributed by atoms with van der Waals surface area (Å²) in [5.41, 5.74) is 3.17. The number of carboxylic acid groups (broad SMARTS) is 3. The molecule has 2 aromatic carbocycles. The highest BCUT2D eigenvalue weighted by Gasteiger charge is 2.48. The Bertz CT molecular complexity index is 1700. The van der Waals surface area contributed by atoms with Crippen molar-refractivity contribution in [3.05, 3.63) is 69.7 Å². The van der Waals surface area contributed by atoms with Crippen LogP contribution < -0.4 is 11.1 Å². The quantitative estimate of drug-likeness (QED) is 0.143. The average Bonchev–Trinajstić information content (AvgIpc) is 3.13. The van der Waals surface area contributed by atoms with Gasteiger partial charge in [-0.1, -0.05) is 47.5 Å². The fraction of sp³-hybridized carbons (Fsp3) is 0.486. The summed E-state index contributed by atoms with van der Waals surface area (Å²) in [5.74, 6) is -6.04. The molecule has 0 aliphatic carbocycles. The Labute approximate surface area is 328 Å². The van der Waals surface area contributed by atoms with Crippen molar-refractivity contribution >= 4 is 64.7 Å². The zero-order valence-electron chi connectivity index (χ0n) is 30.4. The molecule has 4 amide bonds. The van der Waals surface area contributed by atoms with Crippen LogP contribution in [-0.4, -0.2) is 134 Å². The maximum atomic E-state index is 13.4. The zero-order chi connectivity index (χ0) is 40.9. The van der Waals surface area contributed by atoms with Gasteiger partial charge in [-0.3, -0.25) is 28.8 Å². The summed E-state index contributed by atoms with van der Waals surface area (Å²) >= 11 is 12.6. The average molecular weight is 809 g/mol. The van der Waals surface area contributed by atoms with Crippen molar-refractivity contribution < 1.29 is 54.0 Å². The lowest BCUT2D eigenvalue weighted by atomic mass is 9.82. The zero-order valence-corrected chi connectivity index (χ0v) is 31.9. The first-order valence-corrected chi connectivity index (χ1v) is 18.4. The maximum Gasteiger partial charge on any atom is 0.336 e. The summed E-state index contributed by atoms with van der Waals surface area (Å²) in [7, 11) is 1.80. The molecule has 55 heavy (non-hydrogen) atoms. The highest BCUT2D eigenvalue weighted by molar-refractivity contribution is 6.42. The van der Waals surface area contributed by atoms with Crippen LogP contribution in [0.25, 0.3) is 0 Å². The van der Waals surface area contributed by atoms with Gasteiger partial charge in [0, 0.05) is 51.1 Å². The number of nitrogens with two attached hydrogens (primary N) is 1. The molecule has 300 valence electrons. The number of amides is 4. The van der Waals surface area contributed by atoms with Gasteiger partial charge in [0.05, 0.1) is 29.4 Å². The van der Waals surface area contributed by atoms with Crippen LogP contribution in [0.3, 0.4) is 0 Å². The smallest absolute Gasteiger partial charge is 0.336 e. The summed E-state index contributed by atoms with van der Waals surface area (Å²) in [5, 5.41) is 37.4. The molecule has 0 spiro atoms. The van der Waals surface area contributed by atoms with E-state index in [1.807, 2.05) is 30.3 Å². The lowest BCUT2D eigenvalue weighted by Crippen LogP contribution is -2.66. The molecule has 2 aliphatic rings. The number of nitrogens with zero attached hydrogens (tertiary/aromatic N) is 3. The lowest BCUT2D eigenvalue weighted by Gasteiger charge is -2.48. The molecule has 2 saturated heterocycles. The topological polar surface area (TPSA) is 248 Å². The van der Waals surface area contributed by atoms with Gasteiger partial charge in [-0.25, -0.2) is 4.79 Å². The van der Waals surface area contributed by atoms with E-state index >= 15 is 0 Å². The Morgan fingerprint density at radius 2 is 1.55 bits per heavy atom. The highest BCUT2D eigenvalue weighted by atomic mass is 35.5. The minimum atomic E-state index is -2.74. The number of aliphatic hydroxyl groups is 1. The minimum absolute atomic E-state index is 0.00773. The number of primary amides is 1. The number of hydrogen-bond acceptors (Lipinski definition) is 9. The van der Waals surface area contributed by atoms with Crippen molar-refractivity contribution in [2.24, 2.45) is 5.73 Å². The summed E-state index contributed by atoms with van der Waals surface area (Å²) < 4.78 is 0. The van der Waals surface area contributed by atoms with Crippen molar-refractivity contribution in [3.63, 3.8) is 0 Å². The number of benzene rings is 2. The molecule has 0 unspecified atom stereocenters. The fourth-order valence-corrected chi connectivity index (χ4v) is 7.06. The first kappa shape index (κ1) is 44.6. The van der Waals surface area contributed by atoms with Gasteiger partial charge in [0.1, 0.15) is 5.54 Å². The molecule has 2 aliphatic heterocycles. The Kier molecular flexibility index (Phi) is 16.4. The van der Waals surface area contributed by atoms with Crippen LogP contribution in [0, 0.1) is 0 Å². The van der Waals surface area contributed by atoms with Crippen LogP contribution in [0.1, 0.15) is 73.2 Å². The summed E-state index contributed by atoms with van der Waals surface area (Å²) in [4.78, 5) is 87.0. The van der Waals surface area contributed by atoms with Gasteiger partial charge in [-0.05, 0) is 68.5 Å². The normalized spacial score (nSPS) is 16.2. The van der Waals surface area contributed by atoms with E-state index in [1.54, 1.807) is 35.0 Å². The van der Waals surface area contributed by atoms with Gasteiger partial charge in [-0.15, -0.1) is 0 Å². The number of rotatable bonds is 16. The van der Waals surface area contributed by atoms with Crippen LogP contribution in [0.2, 0.25) is 10.0 Å². The molecule has 16 nitrogen and oxygen atoms in total. The summed E-state index contributed by atoms with van der Waals surface area (Å²) in [6.07, 6.45) is 1.48. The molecule has 0 saturated carbocycles. The molecule has 1 atom stereocenters. The second-order valence-corrected chi connectivity index (χ2v) is 14.5. The second kappa shape index (κ2) is 20.2. The second-order valence-electron chi connectivity index (χ2n) is 13.7. The van der Waals surface area contributed by atoms with E-state index in [2.05, 4.69) is 10.2 Å². The van der Waals surface area contributed by atoms with Crippen LogP contribution in [0.4, 0.5) is 0 Å². The molecule has 7 N–H and O–H groups in total. The van der Waals surface area contributed by atoms with E-state index in [0.717, 1.165) is 31.4 Å². The SMILES string of the molecule is CN(C[C@@H](CCN1CCC(C(=O)NCC(N)=O)(N2CCCCC2=O)CC1)c1ccc(Cl)c(Cl)c1)C(=O)c1ccccc1.O=C(O)CC(O)(CC(=O)O)C(=O)O. The molecule has 0 radical (unpaired) electrons. The van der Waals surface area contributed by atoms with Gasteiger partial charge in [0.25, 0.3) is 5.91 Å². The lowest BCUT2D eigenvalue weighted by molar-refractivity contribution is -0.170. The number of aliphatic carboxylic acids is 3. The highest BCUT2D eigenvalue weighted by Crippen LogP contribution is 2.34. The van der Waals surface area contributed by atoms with Crippen molar-refractivity contribution in [2.75, 3.05) is 46.3 Å². The van der Waals surface area contributed by atoms with Gasteiger partial charge in [0.2, 0.25) is 17.7 Å². The third kappa shape index (κ3) is 12.6. The Morgan fingerprint density at radius 1 is 0.927 bits per heavy atom. The first-order chi connectivity index (χ1) is 25.9. The molecular formula is C37H47Cl2N5O11. The van der Waals surface area contributed by atoms with Crippen LogP contribution in [-0.2, 0) is 28.8 Å². The monoisotopic (exact) mass is 807 g/mol. The number of carboxylic acids is 3. The van der Waals surface area contributed by atoms with E-state index in [9.17, 15) is 33.6 Å². The van der Waals surface area contributed by atoms with E-state index in [1.165, 1.54) is 0 Å². The molecule has 0 aromatic heterocycles. The van der Waals surface area contributed by atoms with Gasteiger partial charge in [-0.2, -0.15) is 0 Å². The number of halogens is 2. The van der Waals surface area contributed by atoms with Crippen molar-refractivity contribution in [3.8, 4) is 0 Å². The van der Waals surface area contributed by atoms with Gasteiger partial charge >= 0.3 is 17.9 Å². The van der Waals surface area contributed by atoms with E-state index in [4.69, 9.17) is 49.4 Å². The predicted molar refractivity (Wildman–Crippen MR) is 200 cm³/mol. The van der Waals surface area contributed by atoms with E-state index in [-0.39, 0.29) is 30.2 Å². The first-order valence-electron chi connectivity index (χ1n) is 17.6. The number of hydrogen-bond donors (Lipinski definition) is 6. The van der Waals surface area contributed by atoms with Crippen LogP contribution in [0.15, 0.2) is 48.5 Å². The third-order valence-corrected chi connectivity index (χ3v) is 10.5. The van der Waals surface area contributed by atoms with Gasteiger partial charge in [0.15, 0.2) is 5.60 Å². The number of carbonyl (C=O) groups excluding carboxylic acids is 4. The summed E-state index contributed by atoms with van der Waals surface area (Å²) in [6.45, 7) is 2.71. The number of nitrogens with one attached hydrogen (secondary N) is 1. The number of likely N-dealkylation sites (N-methyl/N-ethyl adjacent to an activating group) is 1. The molecule has 2 heterocycles. The number of carbonyl (C=O) groups is 7. The molecule has 0 bridgehead atoms. The molecule has 2 aromatic rings. The Balaban J connectivity index is 0.000000534. The Hall–Kier alpha value is -4.77. The van der Waals surface area contributed by atoms with Crippen LogP contribution in [0.5, 0.6) is 0 Å². The number of piperidine rings is 2. The summed E-state index contributed by atoms with van der Waals surface area (Å²) in [6, 6.07) is 14.8. The van der Waals surface area contributed by atoms with Gasteiger partial charge < -0.3 is 46.2 Å². The molecule has 4 rings (SSSR count).